The van der Waals surface area contributed by atoms with E-state index in [1.165, 1.54) is 16.2 Å². The zero-order chi connectivity index (χ0) is 17.6. The summed E-state index contributed by atoms with van der Waals surface area (Å²) in [5.74, 6) is -0.497. The Balaban J connectivity index is 1.48. The summed E-state index contributed by atoms with van der Waals surface area (Å²) < 4.78 is 0. The molecule has 3 rings (SSSR count). The molecule has 7 nitrogen and oxygen atoms in total. The molecule has 1 atom stereocenters. The normalized spacial score (nSPS) is 16.8. The Morgan fingerprint density at radius 1 is 1.28 bits per heavy atom. The molecule has 25 heavy (non-hydrogen) atoms. The van der Waals surface area contributed by atoms with Crippen molar-refractivity contribution in [3.05, 3.63) is 47.5 Å². The van der Waals surface area contributed by atoms with Crippen LogP contribution in [-0.4, -0.2) is 40.3 Å². The van der Waals surface area contributed by atoms with Crippen molar-refractivity contribution >= 4 is 34.3 Å². The molecule has 0 spiro atoms. The number of urea groups is 1. The van der Waals surface area contributed by atoms with Gasteiger partial charge in [-0.15, -0.1) is 11.3 Å². The van der Waals surface area contributed by atoms with Crippen LogP contribution in [0.25, 0.3) is 0 Å². The first-order valence-electron chi connectivity index (χ1n) is 7.98. The van der Waals surface area contributed by atoms with Gasteiger partial charge in [0.05, 0.1) is 0 Å². The summed E-state index contributed by atoms with van der Waals surface area (Å²) in [4.78, 5) is 41.4. The molecule has 1 aromatic heterocycles. The predicted molar refractivity (Wildman–Crippen MR) is 94.2 cm³/mol. The molecule has 1 aromatic carbocycles. The highest BCUT2D eigenvalue weighted by atomic mass is 32.1. The summed E-state index contributed by atoms with van der Waals surface area (Å²) in [5.41, 5.74) is 1.06. The van der Waals surface area contributed by atoms with Crippen molar-refractivity contribution in [2.75, 3.05) is 11.9 Å². The third kappa shape index (κ3) is 4.42. The van der Waals surface area contributed by atoms with Gasteiger partial charge in [-0.1, -0.05) is 30.3 Å². The highest BCUT2D eigenvalue weighted by Crippen LogP contribution is 2.15. The molecule has 130 valence electrons. The number of imide groups is 1. The number of benzene rings is 1. The van der Waals surface area contributed by atoms with Gasteiger partial charge in [-0.2, -0.15) is 0 Å². The lowest BCUT2D eigenvalue weighted by atomic mass is 10.1. The number of carbonyl (C=O) groups excluding carboxylic acids is 3. The SMILES string of the molecule is O=C(CC[C@H]1NC(=O)N(CCc2ccccc2)C1=O)Nc1nccs1. The molecule has 1 aliphatic heterocycles. The summed E-state index contributed by atoms with van der Waals surface area (Å²) in [6.45, 7) is 0.330. The first-order chi connectivity index (χ1) is 12.1. The van der Waals surface area contributed by atoms with E-state index in [1.807, 2.05) is 30.3 Å². The van der Waals surface area contributed by atoms with Gasteiger partial charge in [0.15, 0.2) is 5.13 Å². The lowest BCUT2D eigenvalue weighted by Crippen LogP contribution is -2.33. The summed E-state index contributed by atoms with van der Waals surface area (Å²) in [6, 6.07) is 8.63. The molecule has 1 fully saturated rings. The van der Waals surface area contributed by atoms with Gasteiger partial charge in [-0.3, -0.25) is 14.5 Å². The van der Waals surface area contributed by atoms with Crippen LogP contribution in [-0.2, 0) is 16.0 Å². The Morgan fingerprint density at radius 2 is 2.08 bits per heavy atom. The van der Waals surface area contributed by atoms with E-state index in [9.17, 15) is 14.4 Å². The molecule has 0 saturated carbocycles. The highest BCUT2D eigenvalue weighted by Gasteiger charge is 2.37. The van der Waals surface area contributed by atoms with E-state index < -0.39 is 12.1 Å². The van der Waals surface area contributed by atoms with Gasteiger partial charge < -0.3 is 10.6 Å². The smallest absolute Gasteiger partial charge is 0.324 e. The maximum atomic E-state index is 12.4. The molecule has 0 bridgehead atoms. The Morgan fingerprint density at radius 3 is 2.80 bits per heavy atom. The van der Waals surface area contributed by atoms with Crippen molar-refractivity contribution in [2.45, 2.75) is 25.3 Å². The third-order valence-electron chi connectivity index (χ3n) is 3.91. The first-order valence-corrected chi connectivity index (χ1v) is 8.86. The number of anilines is 1. The van der Waals surface area contributed by atoms with Crippen LogP contribution in [0, 0.1) is 0 Å². The van der Waals surface area contributed by atoms with Gasteiger partial charge in [-0.05, 0) is 18.4 Å². The van der Waals surface area contributed by atoms with Gasteiger partial charge >= 0.3 is 6.03 Å². The van der Waals surface area contributed by atoms with E-state index in [0.717, 1.165) is 5.56 Å². The second-order valence-electron chi connectivity index (χ2n) is 5.65. The molecule has 2 aromatic rings. The van der Waals surface area contributed by atoms with Crippen LogP contribution in [0.2, 0.25) is 0 Å². The van der Waals surface area contributed by atoms with Crippen LogP contribution in [0.3, 0.4) is 0 Å². The summed E-state index contributed by atoms with van der Waals surface area (Å²) in [5, 5.41) is 7.60. The zero-order valence-corrected chi connectivity index (χ0v) is 14.3. The zero-order valence-electron chi connectivity index (χ0n) is 13.5. The fourth-order valence-electron chi connectivity index (χ4n) is 2.61. The minimum absolute atomic E-state index is 0.142. The molecule has 1 aliphatic rings. The standard InChI is InChI=1S/C17H18N4O3S/c22-14(20-16-18-9-11-25-16)7-6-13-15(23)21(17(24)19-13)10-8-12-4-2-1-3-5-12/h1-5,9,11,13H,6-8,10H2,(H,19,24)(H,18,20,22)/t13-/m1/s1. The van der Waals surface area contributed by atoms with E-state index in [0.29, 0.717) is 18.1 Å². The van der Waals surface area contributed by atoms with Crippen molar-refractivity contribution < 1.29 is 14.4 Å². The highest BCUT2D eigenvalue weighted by molar-refractivity contribution is 7.13. The predicted octanol–water partition coefficient (Wildman–Crippen LogP) is 2.02. The molecule has 0 aliphatic carbocycles. The second kappa shape index (κ2) is 7.89. The van der Waals surface area contributed by atoms with E-state index >= 15 is 0 Å². The van der Waals surface area contributed by atoms with Crippen LogP contribution in [0.4, 0.5) is 9.93 Å². The molecular formula is C17H18N4O3S. The van der Waals surface area contributed by atoms with E-state index in [1.54, 1.807) is 11.6 Å². The minimum Gasteiger partial charge on any atom is -0.326 e. The number of thiazole rings is 1. The molecule has 2 N–H and O–H groups in total. The van der Waals surface area contributed by atoms with E-state index in [4.69, 9.17) is 0 Å². The average Bonchev–Trinajstić information content (AvgIpc) is 3.21. The topological polar surface area (TPSA) is 91.4 Å². The second-order valence-corrected chi connectivity index (χ2v) is 6.55. The van der Waals surface area contributed by atoms with Gasteiger partial charge in [0.25, 0.3) is 5.91 Å². The number of nitrogens with zero attached hydrogens (tertiary/aromatic N) is 2. The molecule has 0 unspecified atom stereocenters. The van der Waals surface area contributed by atoms with Gasteiger partial charge in [0, 0.05) is 24.5 Å². The van der Waals surface area contributed by atoms with Gasteiger partial charge in [0.1, 0.15) is 6.04 Å². The van der Waals surface area contributed by atoms with Crippen molar-refractivity contribution in [3.63, 3.8) is 0 Å². The van der Waals surface area contributed by atoms with Crippen molar-refractivity contribution in [3.8, 4) is 0 Å². The molecule has 4 amide bonds. The Hall–Kier alpha value is -2.74. The molecule has 8 heteroatoms. The van der Waals surface area contributed by atoms with E-state index in [-0.39, 0.29) is 24.7 Å². The minimum atomic E-state index is -0.648. The number of nitrogens with one attached hydrogen (secondary N) is 2. The van der Waals surface area contributed by atoms with Crippen LogP contribution in [0.15, 0.2) is 41.9 Å². The van der Waals surface area contributed by atoms with Crippen molar-refractivity contribution in [1.82, 2.24) is 15.2 Å². The number of aromatic nitrogens is 1. The quantitative estimate of drug-likeness (QED) is 0.741. The molecule has 0 radical (unpaired) electrons. The van der Waals surface area contributed by atoms with Gasteiger partial charge in [0.2, 0.25) is 5.91 Å². The Kier molecular flexibility index (Phi) is 5.39. The number of carbonyl (C=O) groups is 3. The third-order valence-corrected chi connectivity index (χ3v) is 4.60. The lowest BCUT2D eigenvalue weighted by Gasteiger charge is -2.13. The molecular weight excluding hydrogens is 340 g/mol. The van der Waals surface area contributed by atoms with Crippen molar-refractivity contribution in [1.29, 1.82) is 0 Å². The van der Waals surface area contributed by atoms with Crippen molar-refractivity contribution in [2.24, 2.45) is 0 Å². The summed E-state index contributed by atoms with van der Waals surface area (Å²) in [6.07, 6.45) is 2.62. The van der Waals surface area contributed by atoms with Crippen LogP contribution >= 0.6 is 11.3 Å². The Labute approximate surface area is 149 Å². The average molecular weight is 358 g/mol. The largest absolute Gasteiger partial charge is 0.326 e. The first kappa shape index (κ1) is 17.1. The monoisotopic (exact) mass is 358 g/mol. The number of rotatable bonds is 7. The lowest BCUT2D eigenvalue weighted by molar-refractivity contribution is -0.127. The van der Waals surface area contributed by atoms with Crippen LogP contribution in [0.1, 0.15) is 18.4 Å². The maximum Gasteiger partial charge on any atom is 0.324 e. The van der Waals surface area contributed by atoms with Gasteiger partial charge in [-0.25, -0.2) is 9.78 Å². The number of hydrogen-bond acceptors (Lipinski definition) is 5. The Bertz CT molecular complexity index is 749. The van der Waals surface area contributed by atoms with E-state index in [2.05, 4.69) is 15.6 Å². The molecule has 1 saturated heterocycles. The summed E-state index contributed by atoms with van der Waals surface area (Å²) >= 11 is 1.33. The fourth-order valence-corrected chi connectivity index (χ4v) is 3.16. The fraction of sp³-hybridized carbons (Fsp3) is 0.294. The number of amides is 4. The van der Waals surface area contributed by atoms with Crippen LogP contribution < -0.4 is 10.6 Å². The maximum absolute atomic E-state index is 12.4. The molecule has 2 heterocycles. The summed E-state index contributed by atoms with van der Waals surface area (Å²) in [7, 11) is 0. The van der Waals surface area contributed by atoms with Crippen LogP contribution in [0.5, 0.6) is 0 Å². The number of hydrogen-bond donors (Lipinski definition) is 2.